The van der Waals surface area contributed by atoms with Crippen molar-refractivity contribution in [2.24, 2.45) is 5.92 Å². The van der Waals surface area contributed by atoms with Crippen molar-refractivity contribution in [3.63, 3.8) is 0 Å². The van der Waals surface area contributed by atoms with Crippen LogP contribution in [0.2, 0.25) is 0 Å². The molecule has 0 saturated heterocycles. The van der Waals surface area contributed by atoms with Crippen molar-refractivity contribution >= 4 is 11.6 Å². The average Bonchev–Trinajstić information content (AvgIpc) is 2.41. The van der Waals surface area contributed by atoms with Crippen LogP contribution in [0.1, 0.15) is 39.2 Å². The van der Waals surface area contributed by atoms with Gasteiger partial charge in [-0.25, -0.2) is 0 Å². The van der Waals surface area contributed by atoms with Gasteiger partial charge in [0.25, 0.3) is 0 Å². The van der Waals surface area contributed by atoms with Crippen molar-refractivity contribution in [2.75, 3.05) is 11.9 Å². The topological polar surface area (TPSA) is 61.4 Å². The summed E-state index contributed by atoms with van der Waals surface area (Å²) >= 11 is 0. The van der Waals surface area contributed by atoms with Gasteiger partial charge in [0.1, 0.15) is 0 Å². The SMILES string of the molecule is CCC(CC)C(O)CNCc1ccc(NC(C)=O)cc1. The van der Waals surface area contributed by atoms with Crippen molar-refractivity contribution in [2.45, 2.75) is 46.3 Å². The summed E-state index contributed by atoms with van der Waals surface area (Å²) in [6.45, 7) is 7.04. The Balaban J connectivity index is 2.36. The number of aliphatic hydroxyl groups is 1. The summed E-state index contributed by atoms with van der Waals surface area (Å²) < 4.78 is 0. The molecule has 0 saturated carbocycles. The molecule has 0 aliphatic heterocycles. The van der Waals surface area contributed by atoms with Crippen LogP contribution < -0.4 is 10.6 Å². The predicted molar refractivity (Wildman–Crippen MR) is 82.5 cm³/mol. The third kappa shape index (κ3) is 5.72. The van der Waals surface area contributed by atoms with Crippen molar-refractivity contribution < 1.29 is 9.90 Å². The average molecular weight is 278 g/mol. The number of rotatable bonds is 8. The van der Waals surface area contributed by atoms with Gasteiger partial charge in [0.05, 0.1) is 6.10 Å². The Kier molecular flexibility index (Phi) is 7.26. The molecule has 20 heavy (non-hydrogen) atoms. The van der Waals surface area contributed by atoms with Crippen LogP contribution in [-0.2, 0) is 11.3 Å². The fraction of sp³-hybridized carbons (Fsp3) is 0.562. The molecule has 3 N–H and O–H groups in total. The molecule has 0 spiro atoms. The Labute approximate surface area is 121 Å². The monoisotopic (exact) mass is 278 g/mol. The summed E-state index contributed by atoms with van der Waals surface area (Å²) in [7, 11) is 0. The number of anilines is 1. The van der Waals surface area contributed by atoms with Gasteiger partial charge in [0, 0.05) is 25.7 Å². The van der Waals surface area contributed by atoms with E-state index >= 15 is 0 Å². The molecule has 112 valence electrons. The van der Waals surface area contributed by atoms with E-state index in [-0.39, 0.29) is 12.0 Å². The highest BCUT2D eigenvalue weighted by Gasteiger charge is 2.14. The molecule has 0 bridgehead atoms. The molecular formula is C16H26N2O2. The molecule has 1 rings (SSSR count). The summed E-state index contributed by atoms with van der Waals surface area (Å²) in [5.41, 5.74) is 1.94. The van der Waals surface area contributed by atoms with E-state index in [1.54, 1.807) is 0 Å². The largest absolute Gasteiger partial charge is 0.392 e. The number of aliphatic hydroxyl groups excluding tert-OH is 1. The lowest BCUT2D eigenvalue weighted by molar-refractivity contribution is -0.114. The normalized spacial score (nSPS) is 12.4. The first-order valence-electron chi connectivity index (χ1n) is 7.32. The van der Waals surface area contributed by atoms with Gasteiger partial charge in [-0.1, -0.05) is 38.8 Å². The number of amides is 1. The summed E-state index contributed by atoms with van der Waals surface area (Å²) in [5, 5.41) is 16.0. The summed E-state index contributed by atoms with van der Waals surface area (Å²) in [6.07, 6.45) is 1.72. The highest BCUT2D eigenvalue weighted by molar-refractivity contribution is 5.88. The van der Waals surface area contributed by atoms with E-state index in [2.05, 4.69) is 24.5 Å². The molecule has 1 atom stereocenters. The highest BCUT2D eigenvalue weighted by atomic mass is 16.3. The zero-order valence-electron chi connectivity index (χ0n) is 12.6. The second-order valence-corrected chi connectivity index (χ2v) is 5.15. The summed E-state index contributed by atoms with van der Waals surface area (Å²) in [4.78, 5) is 10.9. The minimum absolute atomic E-state index is 0.0656. The number of hydrogen-bond acceptors (Lipinski definition) is 3. The smallest absolute Gasteiger partial charge is 0.221 e. The second kappa shape index (κ2) is 8.72. The van der Waals surface area contributed by atoms with Gasteiger partial charge in [0.15, 0.2) is 0 Å². The van der Waals surface area contributed by atoms with Crippen LogP contribution in [0.4, 0.5) is 5.69 Å². The Bertz CT molecular complexity index is 399. The maximum absolute atomic E-state index is 10.9. The van der Waals surface area contributed by atoms with E-state index in [0.29, 0.717) is 12.5 Å². The highest BCUT2D eigenvalue weighted by Crippen LogP contribution is 2.13. The number of carbonyl (C=O) groups is 1. The Hall–Kier alpha value is -1.39. The van der Waals surface area contributed by atoms with Gasteiger partial charge in [-0.3, -0.25) is 4.79 Å². The molecule has 1 aromatic rings. The van der Waals surface area contributed by atoms with Crippen molar-refractivity contribution in [3.8, 4) is 0 Å². The molecule has 1 aromatic carbocycles. The molecule has 0 aliphatic carbocycles. The van der Waals surface area contributed by atoms with Gasteiger partial charge in [-0.2, -0.15) is 0 Å². The second-order valence-electron chi connectivity index (χ2n) is 5.15. The third-order valence-electron chi connectivity index (χ3n) is 3.55. The minimum atomic E-state index is -0.288. The maximum atomic E-state index is 10.9. The first-order valence-corrected chi connectivity index (χ1v) is 7.32. The molecule has 4 heteroatoms. The Morgan fingerprint density at radius 1 is 1.20 bits per heavy atom. The number of benzene rings is 1. The van der Waals surface area contributed by atoms with Crippen LogP contribution >= 0.6 is 0 Å². The Morgan fingerprint density at radius 2 is 1.80 bits per heavy atom. The molecule has 1 amide bonds. The van der Waals surface area contributed by atoms with Crippen molar-refractivity contribution in [3.05, 3.63) is 29.8 Å². The summed E-state index contributed by atoms with van der Waals surface area (Å²) in [5.74, 6) is 0.300. The molecule has 4 nitrogen and oxygen atoms in total. The van der Waals surface area contributed by atoms with Crippen molar-refractivity contribution in [1.82, 2.24) is 5.32 Å². The fourth-order valence-corrected chi connectivity index (χ4v) is 2.27. The maximum Gasteiger partial charge on any atom is 0.221 e. The van der Waals surface area contributed by atoms with E-state index in [4.69, 9.17) is 0 Å². The molecule has 0 radical (unpaired) electrons. The van der Waals surface area contributed by atoms with Crippen LogP contribution in [0.15, 0.2) is 24.3 Å². The Morgan fingerprint density at radius 3 is 2.30 bits per heavy atom. The quantitative estimate of drug-likeness (QED) is 0.685. The zero-order valence-corrected chi connectivity index (χ0v) is 12.6. The van der Waals surface area contributed by atoms with Gasteiger partial charge in [-0.15, -0.1) is 0 Å². The molecule has 0 aliphatic rings. The van der Waals surface area contributed by atoms with E-state index in [1.807, 2.05) is 24.3 Å². The fourth-order valence-electron chi connectivity index (χ4n) is 2.27. The molecule has 0 fully saturated rings. The third-order valence-corrected chi connectivity index (χ3v) is 3.55. The minimum Gasteiger partial charge on any atom is -0.392 e. The van der Waals surface area contributed by atoms with Crippen LogP contribution in [-0.4, -0.2) is 23.7 Å². The molecule has 0 heterocycles. The van der Waals surface area contributed by atoms with Crippen molar-refractivity contribution in [1.29, 1.82) is 0 Å². The number of hydrogen-bond donors (Lipinski definition) is 3. The van der Waals surface area contributed by atoms with E-state index in [9.17, 15) is 9.90 Å². The molecular weight excluding hydrogens is 252 g/mol. The van der Waals surface area contributed by atoms with Crippen LogP contribution in [0.5, 0.6) is 0 Å². The lowest BCUT2D eigenvalue weighted by Crippen LogP contribution is -2.32. The van der Waals surface area contributed by atoms with Crippen LogP contribution in [0, 0.1) is 5.92 Å². The standard InChI is InChI=1S/C16H26N2O2/c1-4-14(5-2)16(20)11-17-10-13-6-8-15(9-7-13)18-12(3)19/h6-9,14,16-17,20H,4-5,10-11H2,1-3H3,(H,18,19). The first-order chi connectivity index (χ1) is 9.56. The number of carbonyl (C=O) groups excluding carboxylic acids is 1. The lowest BCUT2D eigenvalue weighted by atomic mass is 9.96. The van der Waals surface area contributed by atoms with Gasteiger partial charge >= 0.3 is 0 Å². The zero-order chi connectivity index (χ0) is 15.0. The van der Waals surface area contributed by atoms with E-state index in [1.165, 1.54) is 6.92 Å². The lowest BCUT2D eigenvalue weighted by Gasteiger charge is -2.20. The molecule has 1 unspecified atom stereocenters. The predicted octanol–water partition coefficient (Wildman–Crippen LogP) is 2.53. The summed E-state index contributed by atoms with van der Waals surface area (Å²) in [6, 6.07) is 7.72. The molecule has 0 aromatic heterocycles. The number of nitrogens with one attached hydrogen (secondary N) is 2. The van der Waals surface area contributed by atoms with Crippen LogP contribution in [0.3, 0.4) is 0 Å². The van der Waals surface area contributed by atoms with E-state index in [0.717, 1.165) is 30.6 Å². The van der Waals surface area contributed by atoms with Gasteiger partial charge in [-0.05, 0) is 23.6 Å². The van der Waals surface area contributed by atoms with Gasteiger partial charge < -0.3 is 15.7 Å². The van der Waals surface area contributed by atoms with Crippen LogP contribution in [0.25, 0.3) is 0 Å². The van der Waals surface area contributed by atoms with E-state index < -0.39 is 0 Å². The first kappa shape index (κ1) is 16.7. The van der Waals surface area contributed by atoms with Gasteiger partial charge in [0.2, 0.25) is 5.91 Å².